The summed E-state index contributed by atoms with van der Waals surface area (Å²) in [6, 6.07) is 7.58. The van der Waals surface area contributed by atoms with Gasteiger partial charge in [-0.1, -0.05) is 23.9 Å². The lowest BCUT2D eigenvalue weighted by molar-refractivity contribution is -0.113. The number of carbonyl (C=O) groups is 2. The second-order valence-electron chi connectivity index (χ2n) is 7.03. The van der Waals surface area contributed by atoms with Crippen LogP contribution >= 0.6 is 23.1 Å². The van der Waals surface area contributed by atoms with Gasteiger partial charge in [-0.2, -0.15) is 0 Å². The number of hydrogen-bond donors (Lipinski definition) is 1. The van der Waals surface area contributed by atoms with E-state index in [0.717, 1.165) is 16.9 Å². The van der Waals surface area contributed by atoms with Gasteiger partial charge in [0.2, 0.25) is 5.91 Å². The van der Waals surface area contributed by atoms with E-state index in [1.807, 2.05) is 50.5 Å². The van der Waals surface area contributed by atoms with Gasteiger partial charge in [0.1, 0.15) is 10.8 Å². The summed E-state index contributed by atoms with van der Waals surface area (Å²) < 4.78 is 12.8. The summed E-state index contributed by atoms with van der Waals surface area (Å²) in [5.74, 6) is 0.914. The molecule has 1 aromatic carbocycles. The van der Waals surface area contributed by atoms with E-state index in [0.29, 0.717) is 28.1 Å². The first-order chi connectivity index (χ1) is 15.3. The van der Waals surface area contributed by atoms with Crippen molar-refractivity contribution in [2.75, 3.05) is 18.2 Å². The molecule has 2 heterocycles. The van der Waals surface area contributed by atoms with E-state index >= 15 is 0 Å². The van der Waals surface area contributed by atoms with Crippen LogP contribution in [-0.4, -0.2) is 39.5 Å². The maximum absolute atomic E-state index is 12.4. The highest BCUT2D eigenvalue weighted by molar-refractivity contribution is 7.99. The fourth-order valence-electron chi connectivity index (χ4n) is 3.07. The third-order valence-electron chi connectivity index (χ3n) is 4.94. The SMILES string of the molecule is CCn1c(SCC(=O)Nc2sccc2C(=O)OC)nnc1C(C)Oc1cccc(C)c1C. The number of ether oxygens (including phenoxy) is 2. The van der Waals surface area contributed by atoms with Gasteiger partial charge in [-0.3, -0.25) is 4.79 Å². The Morgan fingerprint density at radius 3 is 2.75 bits per heavy atom. The van der Waals surface area contributed by atoms with E-state index in [1.165, 1.54) is 30.2 Å². The molecule has 32 heavy (non-hydrogen) atoms. The number of amides is 1. The van der Waals surface area contributed by atoms with E-state index in [2.05, 4.69) is 15.5 Å². The summed E-state index contributed by atoms with van der Waals surface area (Å²) in [5.41, 5.74) is 2.59. The molecule has 3 aromatic rings. The van der Waals surface area contributed by atoms with Crippen molar-refractivity contribution < 1.29 is 19.1 Å². The molecule has 10 heteroatoms. The highest BCUT2D eigenvalue weighted by Crippen LogP contribution is 2.28. The lowest BCUT2D eigenvalue weighted by Crippen LogP contribution is -2.16. The van der Waals surface area contributed by atoms with Gasteiger partial charge in [0, 0.05) is 6.54 Å². The van der Waals surface area contributed by atoms with Crippen LogP contribution in [0.2, 0.25) is 0 Å². The third kappa shape index (κ3) is 5.31. The molecule has 0 radical (unpaired) electrons. The Labute approximate surface area is 195 Å². The first-order valence-electron chi connectivity index (χ1n) is 10.1. The predicted molar refractivity (Wildman–Crippen MR) is 126 cm³/mol. The van der Waals surface area contributed by atoms with Crippen molar-refractivity contribution in [1.82, 2.24) is 14.8 Å². The van der Waals surface area contributed by atoms with Gasteiger partial charge in [-0.15, -0.1) is 21.5 Å². The highest BCUT2D eigenvalue weighted by atomic mass is 32.2. The fraction of sp³-hybridized carbons (Fsp3) is 0.364. The number of esters is 1. The van der Waals surface area contributed by atoms with Gasteiger partial charge in [0.15, 0.2) is 17.1 Å². The molecule has 0 bridgehead atoms. The zero-order valence-electron chi connectivity index (χ0n) is 18.7. The van der Waals surface area contributed by atoms with Crippen LogP contribution < -0.4 is 10.1 Å². The standard InChI is InChI=1S/C22H26N4O4S2/c1-6-26-19(15(4)30-17-9-7-8-13(2)14(17)3)24-25-22(26)32-12-18(27)23-20-16(10-11-31-20)21(28)29-5/h7-11,15H,6,12H2,1-5H3,(H,23,27). The molecule has 0 aliphatic heterocycles. The quantitative estimate of drug-likeness (QED) is 0.357. The van der Waals surface area contributed by atoms with E-state index in [9.17, 15) is 9.59 Å². The number of thiophene rings is 1. The topological polar surface area (TPSA) is 95.3 Å². The zero-order valence-corrected chi connectivity index (χ0v) is 20.3. The number of aromatic nitrogens is 3. The number of hydrogen-bond acceptors (Lipinski definition) is 8. The number of anilines is 1. The predicted octanol–water partition coefficient (Wildman–Crippen LogP) is 4.63. The maximum atomic E-state index is 12.4. The maximum Gasteiger partial charge on any atom is 0.340 e. The normalized spacial score (nSPS) is 11.8. The summed E-state index contributed by atoms with van der Waals surface area (Å²) in [6.45, 7) is 8.65. The lowest BCUT2D eigenvalue weighted by Gasteiger charge is -2.17. The summed E-state index contributed by atoms with van der Waals surface area (Å²) >= 11 is 2.55. The van der Waals surface area contributed by atoms with E-state index in [-0.39, 0.29) is 17.8 Å². The van der Waals surface area contributed by atoms with Crippen LogP contribution in [-0.2, 0) is 16.1 Å². The van der Waals surface area contributed by atoms with Crippen LogP contribution in [0, 0.1) is 13.8 Å². The minimum Gasteiger partial charge on any atom is -0.482 e. The molecule has 0 saturated carbocycles. The Bertz CT molecular complexity index is 1110. The van der Waals surface area contributed by atoms with Gasteiger partial charge in [0.25, 0.3) is 0 Å². The number of nitrogens with one attached hydrogen (secondary N) is 1. The summed E-state index contributed by atoms with van der Waals surface area (Å²) in [5, 5.41) is 14.2. The highest BCUT2D eigenvalue weighted by Gasteiger charge is 2.21. The van der Waals surface area contributed by atoms with Crippen LogP contribution in [0.25, 0.3) is 0 Å². The Balaban J connectivity index is 1.66. The molecule has 0 saturated heterocycles. The average Bonchev–Trinajstić information content (AvgIpc) is 3.41. The number of thioether (sulfide) groups is 1. The first kappa shape index (κ1) is 23.8. The van der Waals surface area contributed by atoms with Crippen molar-refractivity contribution >= 4 is 40.0 Å². The largest absolute Gasteiger partial charge is 0.482 e. The molecule has 170 valence electrons. The fourth-order valence-corrected chi connectivity index (χ4v) is 4.67. The number of carbonyl (C=O) groups excluding carboxylic acids is 2. The van der Waals surface area contributed by atoms with Gasteiger partial charge in [-0.25, -0.2) is 4.79 Å². The zero-order chi connectivity index (χ0) is 23.3. The molecule has 0 spiro atoms. The van der Waals surface area contributed by atoms with Crippen LogP contribution in [0.3, 0.4) is 0 Å². The molecule has 1 amide bonds. The molecular weight excluding hydrogens is 448 g/mol. The van der Waals surface area contributed by atoms with E-state index in [4.69, 9.17) is 9.47 Å². The molecule has 1 unspecified atom stereocenters. The molecule has 0 aliphatic rings. The van der Waals surface area contributed by atoms with Gasteiger partial charge in [-0.05, 0) is 56.3 Å². The number of aryl methyl sites for hydroxylation is 1. The molecule has 0 fully saturated rings. The van der Waals surface area contributed by atoms with E-state index in [1.54, 1.807) is 11.4 Å². The van der Waals surface area contributed by atoms with Crippen molar-refractivity contribution in [3.8, 4) is 5.75 Å². The Hall–Kier alpha value is -2.85. The second kappa shape index (κ2) is 10.6. The van der Waals surface area contributed by atoms with Crippen molar-refractivity contribution in [3.63, 3.8) is 0 Å². The molecule has 2 aromatic heterocycles. The van der Waals surface area contributed by atoms with Crippen molar-refractivity contribution in [1.29, 1.82) is 0 Å². The molecule has 3 rings (SSSR count). The second-order valence-corrected chi connectivity index (χ2v) is 8.89. The summed E-state index contributed by atoms with van der Waals surface area (Å²) in [6.07, 6.45) is -0.306. The Morgan fingerprint density at radius 2 is 2.03 bits per heavy atom. The molecule has 0 aliphatic carbocycles. The minimum atomic E-state index is -0.484. The number of methoxy groups -OCH3 is 1. The molecule has 8 nitrogen and oxygen atoms in total. The minimum absolute atomic E-state index is 0.128. The lowest BCUT2D eigenvalue weighted by atomic mass is 10.1. The van der Waals surface area contributed by atoms with E-state index < -0.39 is 5.97 Å². The summed E-state index contributed by atoms with van der Waals surface area (Å²) in [4.78, 5) is 24.2. The number of rotatable bonds is 9. The Morgan fingerprint density at radius 1 is 1.25 bits per heavy atom. The monoisotopic (exact) mass is 474 g/mol. The molecule has 1 atom stereocenters. The first-order valence-corrected chi connectivity index (χ1v) is 12.0. The molecular formula is C22H26N4O4S2. The Kier molecular flexibility index (Phi) is 7.92. The smallest absolute Gasteiger partial charge is 0.340 e. The average molecular weight is 475 g/mol. The third-order valence-corrected chi connectivity index (χ3v) is 6.74. The number of benzene rings is 1. The van der Waals surface area contributed by atoms with Crippen molar-refractivity contribution in [2.45, 2.75) is 45.5 Å². The van der Waals surface area contributed by atoms with Gasteiger partial charge >= 0.3 is 5.97 Å². The van der Waals surface area contributed by atoms with Crippen molar-refractivity contribution in [2.24, 2.45) is 0 Å². The number of nitrogens with zero attached hydrogens (tertiary/aromatic N) is 3. The van der Waals surface area contributed by atoms with Crippen LogP contribution in [0.4, 0.5) is 5.00 Å². The van der Waals surface area contributed by atoms with Crippen LogP contribution in [0.5, 0.6) is 5.75 Å². The summed E-state index contributed by atoms with van der Waals surface area (Å²) in [7, 11) is 1.31. The van der Waals surface area contributed by atoms with Crippen LogP contribution in [0.15, 0.2) is 34.8 Å². The van der Waals surface area contributed by atoms with Crippen LogP contribution in [0.1, 0.15) is 47.3 Å². The van der Waals surface area contributed by atoms with Gasteiger partial charge < -0.3 is 19.4 Å². The van der Waals surface area contributed by atoms with Crippen molar-refractivity contribution in [3.05, 3.63) is 52.2 Å². The van der Waals surface area contributed by atoms with Gasteiger partial charge in [0.05, 0.1) is 18.4 Å². The molecule has 1 N–H and O–H groups in total.